The van der Waals surface area contributed by atoms with E-state index < -0.39 is 0 Å². The Kier molecular flexibility index (Phi) is 0.866. The van der Waals surface area contributed by atoms with Gasteiger partial charge in [0.1, 0.15) is 0 Å². The molecule has 2 rings (SSSR count). The Balaban J connectivity index is 1.94. The first-order valence-electron chi connectivity index (χ1n) is 3.12. The highest BCUT2D eigenvalue weighted by Crippen LogP contribution is 2.49. The van der Waals surface area contributed by atoms with Crippen LogP contribution in [0.5, 0.6) is 0 Å². The van der Waals surface area contributed by atoms with E-state index in [1.165, 1.54) is 0 Å². The molecule has 1 heterocycles. The van der Waals surface area contributed by atoms with Gasteiger partial charge in [-0.1, -0.05) is 0 Å². The summed E-state index contributed by atoms with van der Waals surface area (Å²) < 4.78 is 5.13. The summed E-state index contributed by atoms with van der Waals surface area (Å²) in [4.78, 5) is 0. The van der Waals surface area contributed by atoms with Crippen molar-refractivity contribution in [3.63, 3.8) is 0 Å². The van der Waals surface area contributed by atoms with Gasteiger partial charge in [0, 0.05) is 6.61 Å². The molecular formula is C6H10O2. The smallest absolute Gasteiger partial charge is 0.0501 e. The summed E-state index contributed by atoms with van der Waals surface area (Å²) in [5, 5.41) is 8.66. The van der Waals surface area contributed by atoms with E-state index in [1.807, 2.05) is 0 Å². The number of fused-ring (bicyclic) bond motifs is 1. The zero-order chi connectivity index (χ0) is 5.56. The lowest BCUT2D eigenvalue weighted by atomic mass is 10.3. The third kappa shape index (κ3) is 0.446. The summed E-state index contributed by atoms with van der Waals surface area (Å²) in [5.74, 6) is 2.05. The molecule has 1 aliphatic heterocycles. The van der Waals surface area contributed by atoms with Crippen LogP contribution in [-0.2, 0) is 4.74 Å². The van der Waals surface area contributed by atoms with Gasteiger partial charge in [-0.3, -0.25) is 0 Å². The fraction of sp³-hybridized carbons (Fsp3) is 1.00. The fourth-order valence-electron chi connectivity index (χ4n) is 1.63. The van der Waals surface area contributed by atoms with E-state index in [4.69, 9.17) is 9.84 Å². The Bertz CT molecular complexity index is 85.9. The second kappa shape index (κ2) is 1.45. The molecule has 1 unspecified atom stereocenters. The Labute approximate surface area is 48.5 Å². The summed E-state index contributed by atoms with van der Waals surface area (Å²) in [7, 11) is 0. The predicted molar refractivity (Wildman–Crippen MR) is 28.4 cm³/mol. The molecule has 0 aromatic heterocycles. The van der Waals surface area contributed by atoms with Gasteiger partial charge in [-0.05, 0) is 17.8 Å². The normalized spacial score (nSPS) is 51.4. The Morgan fingerprint density at radius 3 is 2.38 bits per heavy atom. The van der Waals surface area contributed by atoms with Gasteiger partial charge in [-0.15, -0.1) is 0 Å². The first kappa shape index (κ1) is 4.77. The summed E-state index contributed by atoms with van der Waals surface area (Å²) in [5.41, 5.74) is 0. The summed E-state index contributed by atoms with van der Waals surface area (Å²) in [6.45, 7) is 2.17. The SMILES string of the molecule is OCC1[C@H]2COC[C@@H]12. The van der Waals surface area contributed by atoms with E-state index in [9.17, 15) is 0 Å². The molecule has 2 heteroatoms. The summed E-state index contributed by atoms with van der Waals surface area (Å²) in [6, 6.07) is 0. The molecule has 2 fully saturated rings. The van der Waals surface area contributed by atoms with E-state index in [2.05, 4.69) is 0 Å². The molecule has 8 heavy (non-hydrogen) atoms. The van der Waals surface area contributed by atoms with Crippen LogP contribution < -0.4 is 0 Å². The van der Waals surface area contributed by atoms with Crippen LogP contribution in [0.3, 0.4) is 0 Å². The molecule has 46 valence electrons. The first-order valence-corrected chi connectivity index (χ1v) is 3.12. The number of hydrogen-bond acceptors (Lipinski definition) is 2. The minimum atomic E-state index is 0.374. The lowest BCUT2D eigenvalue weighted by molar-refractivity contribution is 0.133. The van der Waals surface area contributed by atoms with Crippen LogP contribution in [0, 0.1) is 17.8 Å². The second-order valence-corrected chi connectivity index (χ2v) is 2.71. The van der Waals surface area contributed by atoms with Crippen LogP contribution in [0.15, 0.2) is 0 Å². The highest BCUT2D eigenvalue weighted by Gasteiger charge is 2.53. The van der Waals surface area contributed by atoms with Gasteiger partial charge >= 0.3 is 0 Å². The minimum absolute atomic E-state index is 0.374. The zero-order valence-electron chi connectivity index (χ0n) is 4.71. The van der Waals surface area contributed by atoms with Crippen molar-refractivity contribution in [1.29, 1.82) is 0 Å². The standard InChI is InChI=1S/C6H10O2/c7-1-4-5-2-8-3-6(4)5/h4-7H,1-3H2/t4?,5-,6+. The number of rotatable bonds is 1. The molecule has 0 radical (unpaired) electrons. The molecule has 0 amide bonds. The fourth-order valence-corrected chi connectivity index (χ4v) is 1.63. The zero-order valence-corrected chi connectivity index (χ0v) is 4.71. The van der Waals surface area contributed by atoms with Gasteiger partial charge < -0.3 is 9.84 Å². The summed E-state index contributed by atoms with van der Waals surface area (Å²) >= 11 is 0. The molecule has 0 aromatic rings. The molecule has 3 atom stereocenters. The van der Waals surface area contributed by atoms with Crippen LogP contribution in [0.2, 0.25) is 0 Å². The van der Waals surface area contributed by atoms with Crippen molar-refractivity contribution in [3.8, 4) is 0 Å². The lowest BCUT2D eigenvalue weighted by Crippen LogP contribution is -2.00. The Morgan fingerprint density at radius 1 is 1.38 bits per heavy atom. The van der Waals surface area contributed by atoms with Gasteiger partial charge in [-0.2, -0.15) is 0 Å². The number of ether oxygens (including phenoxy) is 1. The van der Waals surface area contributed by atoms with Gasteiger partial charge in [-0.25, -0.2) is 0 Å². The molecule has 0 spiro atoms. The number of aliphatic hydroxyl groups excluding tert-OH is 1. The van der Waals surface area contributed by atoms with E-state index in [0.717, 1.165) is 25.0 Å². The predicted octanol–water partition coefficient (Wildman–Crippen LogP) is -0.129. The van der Waals surface area contributed by atoms with Crippen molar-refractivity contribution < 1.29 is 9.84 Å². The van der Waals surface area contributed by atoms with Gasteiger partial charge in [0.2, 0.25) is 0 Å². The van der Waals surface area contributed by atoms with Crippen molar-refractivity contribution in [2.24, 2.45) is 17.8 Å². The minimum Gasteiger partial charge on any atom is -0.396 e. The van der Waals surface area contributed by atoms with Crippen LogP contribution in [-0.4, -0.2) is 24.9 Å². The van der Waals surface area contributed by atoms with Crippen molar-refractivity contribution in [2.75, 3.05) is 19.8 Å². The Hall–Kier alpha value is -0.0800. The maximum Gasteiger partial charge on any atom is 0.0501 e. The van der Waals surface area contributed by atoms with Gasteiger partial charge in [0.15, 0.2) is 0 Å². The van der Waals surface area contributed by atoms with Crippen LogP contribution in [0.1, 0.15) is 0 Å². The molecular weight excluding hydrogens is 104 g/mol. The maximum atomic E-state index is 8.66. The van der Waals surface area contributed by atoms with E-state index in [0.29, 0.717) is 12.5 Å². The highest BCUT2D eigenvalue weighted by atomic mass is 16.5. The number of hydrogen-bond donors (Lipinski definition) is 1. The van der Waals surface area contributed by atoms with E-state index in [1.54, 1.807) is 0 Å². The molecule has 0 bridgehead atoms. The van der Waals surface area contributed by atoms with E-state index >= 15 is 0 Å². The third-order valence-corrected chi connectivity index (χ3v) is 2.34. The molecule has 2 aliphatic rings. The van der Waals surface area contributed by atoms with Crippen molar-refractivity contribution in [1.82, 2.24) is 0 Å². The molecule has 1 saturated heterocycles. The van der Waals surface area contributed by atoms with Crippen molar-refractivity contribution in [3.05, 3.63) is 0 Å². The molecule has 0 aromatic carbocycles. The average Bonchev–Trinajstić information content (AvgIpc) is 2.22. The molecule has 1 N–H and O–H groups in total. The van der Waals surface area contributed by atoms with Gasteiger partial charge in [0.25, 0.3) is 0 Å². The third-order valence-electron chi connectivity index (χ3n) is 2.34. The highest BCUT2D eigenvalue weighted by molar-refractivity contribution is 4.99. The van der Waals surface area contributed by atoms with Crippen LogP contribution in [0.4, 0.5) is 0 Å². The van der Waals surface area contributed by atoms with Gasteiger partial charge in [0.05, 0.1) is 13.2 Å². The number of aliphatic hydroxyl groups is 1. The summed E-state index contributed by atoms with van der Waals surface area (Å²) in [6.07, 6.45) is 0. The largest absolute Gasteiger partial charge is 0.396 e. The topological polar surface area (TPSA) is 29.5 Å². The lowest BCUT2D eigenvalue weighted by Gasteiger charge is -1.96. The first-order chi connectivity index (χ1) is 3.93. The monoisotopic (exact) mass is 114 g/mol. The van der Waals surface area contributed by atoms with Crippen LogP contribution in [0.25, 0.3) is 0 Å². The quantitative estimate of drug-likeness (QED) is 0.514. The average molecular weight is 114 g/mol. The van der Waals surface area contributed by atoms with Crippen molar-refractivity contribution >= 4 is 0 Å². The molecule has 1 aliphatic carbocycles. The Morgan fingerprint density at radius 2 is 2.00 bits per heavy atom. The van der Waals surface area contributed by atoms with E-state index in [-0.39, 0.29) is 0 Å². The van der Waals surface area contributed by atoms with Crippen molar-refractivity contribution in [2.45, 2.75) is 0 Å². The second-order valence-electron chi connectivity index (χ2n) is 2.71. The molecule has 1 saturated carbocycles. The maximum absolute atomic E-state index is 8.66. The molecule has 2 nitrogen and oxygen atoms in total. The van der Waals surface area contributed by atoms with Crippen LogP contribution >= 0.6 is 0 Å².